The zero-order chi connectivity index (χ0) is 17.8. The summed E-state index contributed by atoms with van der Waals surface area (Å²) in [4.78, 5) is 34.3. The molecule has 0 unspecified atom stereocenters. The van der Waals surface area contributed by atoms with Crippen molar-refractivity contribution < 1.29 is 9.59 Å². The summed E-state index contributed by atoms with van der Waals surface area (Å²) in [5.41, 5.74) is 0.724. The Morgan fingerprint density at radius 1 is 1.16 bits per heavy atom. The number of hydrogen-bond donors (Lipinski definition) is 1. The minimum atomic E-state index is -0.236. The molecule has 25 heavy (non-hydrogen) atoms. The molecule has 2 amide bonds. The number of carbonyl (C=O) groups is 2. The van der Waals surface area contributed by atoms with Crippen molar-refractivity contribution in [3.05, 3.63) is 58.1 Å². The molecular weight excluding hydrogens is 363 g/mol. The predicted octanol–water partition coefficient (Wildman–Crippen LogP) is 2.82. The van der Waals surface area contributed by atoms with E-state index >= 15 is 0 Å². The monoisotopic (exact) mass is 378 g/mol. The van der Waals surface area contributed by atoms with E-state index in [4.69, 9.17) is 23.2 Å². The first kappa shape index (κ1) is 17.6. The average molecular weight is 379 g/mol. The summed E-state index contributed by atoms with van der Waals surface area (Å²) < 4.78 is 0. The van der Waals surface area contributed by atoms with E-state index in [9.17, 15) is 9.59 Å². The van der Waals surface area contributed by atoms with Gasteiger partial charge in [0.1, 0.15) is 5.69 Å². The van der Waals surface area contributed by atoms with E-state index in [1.807, 2.05) is 0 Å². The Labute approximate surface area is 155 Å². The van der Waals surface area contributed by atoms with E-state index in [1.165, 1.54) is 18.6 Å². The van der Waals surface area contributed by atoms with Crippen LogP contribution in [0.15, 0.2) is 36.8 Å². The molecule has 0 aliphatic carbocycles. The Morgan fingerprint density at radius 2 is 1.92 bits per heavy atom. The first-order valence-corrected chi connectivity index (χ1v) is 8.61. The van der Waals surface area contributed by atoms with Crippen LogP contribution in [0.2, 0.25) is 10.0 Å². The Morgan fingerprint density at radius 3 is 2.56 bits per heavy atom. The molecule has 0 saturated carbocycles. The van der Waals surface area contributed by atoms with Crippen molar-refractivity contribution in [3.8, 4) is 0 Å². The molecule has 1 N–H and O–H groups in total. The van der Waals surface area contributed by atoms with Gasteiger partial charge < -0.3 is 10.2 Å². The van der Waals surface area contributed by atoms with Gasteiger partial charge >= 0.3 is 0 Å². The second-order valence-corrected chi connectivity index (χ2v) is 6.60. The van der Waals surface area contributed by atoms with Crippen molar-refractivity contribution in [3.63, 3.8) is 0 Å². The van der Waals surface area contributed by atoms with Crippen LogP contribution >= 0.6 is 23.2 Å². The number of carbonyl (C=O) groups excluding carboxylic acids is 2. The van der Waals surface area contributed by atoms with Gasteiger partial charge in [-0.3, -0.25) is 14.6 Å². The zero-order valence-electron chi connectivity index (χ0n) is 13.3. The van der Waals surface area contributed by atoms with Gasteiger partial charge in [-0.25, -0.2) is 4.98 Å². The van der Waals surface area contributed by atoms with Gasteiger partial charge in [0.15, 0.2) is 0 Å². The lowest BCUT2D eigenvalue weighted by molar-refractivity contribution is 0.0692. The number of amides is 2. The predicted molar refractivity (Wildman–Crippen MR) is 94.9 cm³/mol. The summed E-state index contributed by atoms with van der Waals surface area (Å²) >= 11 is 11.9. The maximum Gasteiger partial charge on any atom is 0.274 e. The molecule has 0 bridgehead atoms. The number of rotatable bonds is 3. The number of benzene rings is 1. The standard InChI is InChI=1S/C17H16Cl2N4O2/c18-11-1-2-13(14(19)9-11)16(24)22-12-3-7-23(8-4-12)17(25)15-10-20-5-6-21-15/h1-2,5-6,9-10,12H,3-4,7-8H2,(H,22,24). The third kappa shape index (κ3) is 4.27. The number of piperidine rings is 1. The molecule has 130 valence electrons. The normalized spacial score (nSPS) is 15.0. The van der Waals surface area contributed by atoms with Gasteiger partial charge in [0.05, 0.1) is 16.8 Å². The number of halogens is 2. The third-order valence-corrected chi connectivity index (χ3v) is 4.62. The fourth-order valence-corrected chi connectivity index (χ4v) is 3.23. The van der Waals surface area contributed by atoms with Crippen LogP contribution in [0.3, 0.4) is 0 Å². The SMILES string of the molecule is O=C(NC1CCN(C(=O)c2cnccn2)CC1)c1ccc(Cl)cc1Cl. The van der Waals surface area contributed by atoms with E-state index < -0.39 is 0 Å². The van der Waals surface area contributed by atoms with Crippen LogP contribution in [0.4, 0.5) is 0 Å². The maximum absolute atomic E-state index is 12.3. The van der Waals surface area contributed by atoms with E-state index in [1.54, 1.807) is 23.1 Å². The number of nitrogens with one attached hydrogen (secondary N) is 1. The van der Waals surface area contributed by atoms with Crippen molar-refractivity contribution in [2.75, 3.05) is 13.1 Å². The lowest BCUT2D eigenvalue weighted by Gasteiger charge is -2.32. The number of nitrogens with zero attached hydrogens (tertiary/aromatic N) is 3. The van der Waals surface area contributed by atoms with Crippen molar-refractivity contribution in [1.29, 1.82) is 0 Å². The van der Waals surface area contributed by atoms with Crippen LogP contribution in [0.1, 0.15) is 33.7 Å². The van der Waals surface area contributed by atoms with E-state index in [2.05, 4.69) is 15.3 Å². The van der Waals surface area contributed by atoms with E-state index in [-0.39, 0.29) is 17.9 Å². The highest BCUT2D eigenvalue weighted by atomic mass is 35.5. The Bertz CT molecular complexity index is 777. The molecule has 1 fully saturated rings. The number of aromatic nitrogens is 2. The van der Waals surface area contributed by atoms with Crippen LogP contribution in [0, 0.1) is 0 Å². The highest BCUT2D eigenvalue weighted by Gasteiger charge is 2.26. The van der Waals surface area contributed by atoms with Gasteiger partial charge in [0.25, 0.3) is 11.8 Å². The van der Waals surface area contributed by atoms with Crippen molar-refractivity contribution in [2.24, 2.45) is 0 Å². The molecule has 1 aromatic carbocycles. The topological polar surface area (TPSA) is 75.2 Å². The molecule has 1 saturated heterocycles. The average Bonchev–Trinajstić information content (AvgIpc) is 2.62. The minimum Gasteiger partial charge on any atom is -0.349 e. The second kappa shape index (κ2) is 7.80. The largest absolute Gasteiger partial charge is 0.349 e. The van der Waals surface area contributed by atoms with Crippen molar-refractivity contribution >= 4 is 35.0 Å². The first-order valence-electron chi connectivity index (χ1n) is 7.86. The molecule has 0 radical (unpaired) electrons. The number of hydrogen-bond acceptors (Lipinski definition) is 4. The zero-order valence-corrected chi connectivity index (χ0v) is 14.8. The molecule has 1 aromatic heterocycles. The van der Waals surface area contributed by atoms with Gasteiger partial charge in [-0.2, -0.15) is 0 Å². The molecule has 0 atom stereocenters. The van der Waals surface area contributed by atoms with E-state index in [0.29, 0.717) is 47.2 Å². The molecule has 1 aliphatic rings. The summed E-state index contributed by atoms with van der Waals surface area (Å²) in [6.07, 6.45) is 5.82. The second-order valence-electron chi connectivity index (χ2n) is 5.75. The van der Waals surface area contributed by atoms with E-state index in [0.717, 1.165) is 0 Å². The van der Waals surface area contributed by atoms with Gasteiger partial charge in [0.2, 0.25) is 0 Å². The third-order valence-electron chi connectivity index (χ3n) is 4.08. The number of likely N-dealkylation sites (tertiary alicyclic amines) is 1. The van der Waals surface area contributed by atoms with Crippen molar-refractivity contribution in [2.45, 2.75) is 18.9 Å². The molecule has 2 aromatic rings. The van der Waals surface area contributed by atoms with Crippen molar-refractivity contribution in [1.82, 2.24) is 20.2 Å². The van der Waals surface area contributed by atoms with Crippen LogP contribution in [0.25, 0.3) is 0 Å². The molecule has 6 nitrogen and oxygen atoms in total. The highest BCUT2D eigenvalue weighted by Crippen LogP contribution is 2.21. The summed E-state index contributed by atoms with van der Waals surface area (Å²) in [6, 6.07) is 4.77. The Hall–Kier alpha value is -2.18. The summed E-state index contributed by atoms with van der Waals surface area (Å²) in [7, 11) is 0. The first-order chi connectivity index (χ1) is 12.0. The summed E-state index contributed by atoms with van der Waals surface area (Å²) in [5.74, 6) is -0.376. The van der Waals surface area contributed by atoms with Gasteiger partial charge in [-0.05, 0) is 31.0 Å². The van der Waals surface area contributed by atoms with Gasteiger partial charge in [0, 0.05) is 36.5 Å². The lowest BCUT2D eigenvalue weighted by atomic mass is 10.0. The van der Waals surface area contributed by atoms with Crippen LogP contribution in [-0.2, 0) is 0 Å². The van der Waals surface area contributed by atoms with Gasteiger partial charge in [-0.15, -0.1) is 0 Å². The fraction of sp³-hybridized carbons (Fsp3) is 0.294. The lowest BCUT2D eigenvalue weighted by Crippen LogP contribution is -2.46. The molecule has 0 spiro atoms. The fourth-order valence-electron chi connectivity index (χ4n) is 2.74. The highest BCUT2D eigenvalue weighted by molar-refractivity contribution is 6.36. The maximum atomic E-state index is 12.3. The smallest absolute Gasteiger partial charge is 0.274 e. The van der Waals surface area contributed by atoms with Crippen LogP contribution in [-0.4, -0.2) is 45.8 Å². The summed E-state index contributed by atoms with van der Waals surface area (Å²) in [5, 5.41) is 3.77. The molecule has 2 heterocycles. The molecule has 1 aliphatic heterocycles. The van der Waals surface area contributed by atoms with Crippen LogP contribution < -0.4 is 5.32 Å². The Kier molecular flexibility index (Phi) is 5.50. The Balaban J connectivity index is 1.56. The molecule has 3 rings (SSSR count). The molecular formula is C17H16Cl2N4O2. The minimum absolute atomic E-state index is 0.00912. The van der Waals surface area contributed by atoms with Gasteiger partial charge in [-0.1, -0.05) is 23.2 Å². The molecule has 8 heteroatoms. The quantitative estimate of drug-likeness (QED) is 0.890. The van der Waals surface area contributed by atoms with Crippen LogP contribution in [0.5, 0.6) is 0 Å². The summed E-state index contributed by atoms with van der Waals surface area (Å²) in [6.45, 7) is 1.10.